The maximum Gasteiger partial charge on any atom is 0.387 e. The zero-order valence-electron chi connectivity index (χ0n) is 14.7. The molecule has 1 atom stereocenters. The number of esters is 1. The molecule has 0 aliphatic carbocycles. The van der Waals surface area contributed by atoms with E-state index in [0.29, 0.717) is 24.1 Å². The molecular formula is C20H19F2NO4. The monoisotopic (exact) mass is 375 g/mol. The number of hydrogen-bond acceptors (Lipinski definition) is 4. The van der Waals surface area contributed by atoms with Crippen LogP contribution in [0.5, 0.6) is 5.75 Å². The van der Waals surface area contributed by atoms with Crippen molar-refractivity contribution < 1.29 is 27.8 Å². The van der Waals surface area contributed by atoms with Crippen LogP contribution in [0.1, 0.15) is 41.8 Å². The van der Waals surface area contributed by atoms with Gasteiger partial charge in [0.2, 0.25) is 5.91 Å². The Bertz CT molecular complexity index is 806. The molecule has 0 radical (unpaired) electrons. The molecule has 2 aromatic carbocycles. The van der Waals surface area contributed by atoms with Gasteiger partial charge in [0.25, 0.3) is 0 Å². The molecule has 5 nitrogen and oxygen atoms in total. The van der Waals surface area contributed by atoms with Crippen LogP contribution >= 0.6 is 0 Å². The van der Waals surface area contributed by atoms with Crippen molar-refractivity contribution in [1.82, 2.24) is 0 Å². The molecule has 27 heavy (non-hydrogen) atoms. The lowest BCUT2D eigenvalue weighted by atomic mass is 10.1. The molecule has 1 heterocycles. The third-order valence-corrected chi connectivity index (χ3v) is 4.35. The fourth-order valence-corrected chi connectivity index (χ4v) is 2.92. The first-order valence-corrected chi connectivity index (χ1v) is 8.60. The number of nitrogens with zero attached hydrogens (tertiary/aromatic N) is 1. The Balaban J connectivity index is 1.61. The molecule has 1 saturated heterocycles. The summed E-state index contributed by atoms with van der Waals surface area (Å²) < 4.78 is 34.1. The van der Waals surface area contributed by atoms with E-state index in [4.69, 9.17) is 4.74 Å². The Morgan fingerprint density at radius 1 is 1.07 bits per heavy atom. The summed E-state index contributed by atoms with van der Waals surface area (Å²) in [5.41, 5.74) is 1.79. The number of anilines is 1. The third-order valence-electron chi connectivity index (χ3n) is 4.35. The van der Waals surface area contributed by atoms with Crippen LogP contribution < -0.4 is 9.64 Å². The molecule has 7 heteroatoms. The molecule has 1 unspecified atom stereocenters. The van der Waals surface area contributed by atoms with Crippen molar-refractivity contribution in [3.63, 3.8) is 0 Å². The van der Waals surface area contributed by atoms with Crippen molar-refractivity contribution in [2.24, 2.45) is 0 Å². The third kappa shape index (κ3) is 4.61. The molecule has 142 valence electrons. The summed E-state index contributed by atoms with van der Waals surface area (Å²) in [6.07, 6.45) is 0.821. The van der Waals surface area contributed by atoms with E-state index in [2.05, 4.69) is 4.74 Å². The van der Waals surface area contributed by atoms with Gasteiger partial charge in [-0.3, -0.25) is 4.79 Å². The van der Waals surface area contributed by atoms with Gasteiger partial charge in [0.15, 0.2) is 0 Å². The second-order valence-corrected chi connectivity index (χ2v) is 6.19. The fraction of sp³-hybridized carbons (Fsp3) is 0.300. The maximum absolute atomic E-state index is 12.3. The highest BCUT2D eigenvalue weighted by molar-refractivity contribution is 5.96. The minimum Gasteiger partial charge on any atom is -0.454 e. The lowest BCUT2D eigenvalue weighted by Gasteiger charge is -2.17. The highest BCUT2D eigenvalue weighted by Crippen LogP contribution is 2.24. The van der Waals surface area contributed by atoms with Crippen molar-refractivity contribution in [3.05, 3.63) is 59.7 Å². The lowest BCUT2D eigenvalue weighted by Crippen LogP contribution is -2.23. The highest BCUT2D eigenvalue weighted by atomic mass is 19.3. The number of halogens is 2. The molecule has 0 bridgehead atoms. The molecule has 1 aliphatic heterocycles. The summed E-state index contributed by atoms with van der Waals surface area (Å²) in [4.78, 5) is 25.8. The molecular weight excluding hydrogens is 356 g/mol. The highest BCUT2D eigenvalue weighted by Gasteiger charge is 2.22. The van der Waals surface area contributed by atoms with Gasteiger partial charge in [0, 0.05) is 18.7 Å². The summed E-state index contributed by atoms with van der Waals surface area (Å²) in [7, 11) is 0. The first-order valence-electron chi connectivity index (χ1n) is 8.60. The first kappa shape index (κ1) is 18.8. The molecule has 0 aromatic heterocycles. The van der Waals surface area contributed by atoms with Crippen molar-refractivity contribution in [1.29, 1.82) is 0 Å². The van der Waals surface area contributed by atoms with Crippen LogP contribution in [0, 0.1) is 0 Å². The summed E-state index contributed by atoms with van der Waals surface area (Å²) in [5, 5.41) is 0. The number of alkyl halides is 2. The topological polar surface area (TPSA) is 55.8 Å². The van der Waals surface area contributed by atoms with Crippen LogP contribution in [0.3, 0.4) is 0 Å². The zero-order chi connectivity index (χ0) is 19.4. The van der Waals surface area contributed by atoms with Gasteiger partial charge in [0.05, 0.1) is 5.56 Å². The molecule has 0 N–H and O–H groups in total. The molecule has 0 saturated carbocycles. The van der Waals surface area contributed by atoms with Gasteiger partial charge in [-0.2, -0.15) is 8.78 Å². The summed E-state index contributed by atoms with van der Waals surface area (Å²) in [5.74, 6) is -0.382. The van der Waals surface area contributed by atoms with Crippen LogP contribution in [0.15, 0.2) is 48.5 Å². The van der Waals surface area contributed by atoms with Crippen molar-refractivity contribution in [3.8, 4) is 5.75 Å². The van der Waals surface area contributed by atoms with Gasteiger partial charge in [-0.15, -0.1) is 0 Å². The largest absolute Gasteiger partial charge is 0.454 e. The van der Waals surface area contributed by atoms with Crippen LogP contribution in [-0.4, -0.2) is 25.0 Å². The molecule has 3 rings (SSSR count). The van der Waals surface area contributed by atoms with Gasteiger partial charge in [0.1, 0.15) is 11.9 Å². The SMILES string of the molecule is CC(OC(=O)c1ccc(N2CCCC2=O)cc1)c1ccc(OC(F)F)cc1. The standard InChI is InChI=1S/C20H19F2NO4/c1-13(14-6-10-17(11-7-14)27-20(21)22)26-19(25)15-4-8-16(9-5-15)23-12-2-3-18(23)24/h4-11,13,20H,2-3,12H2,1H3. The molecule has 1 aliphatic rings. The average Bonchev–Trinajstić information content (AvgIpc) is 3.08. The van der Waals surface area contributed by atoms with Crippen LogP contribution in [0.2, 0.25) is 0 Å². The van der Waals surface area contributed by atoms with Crippen LogP contribution in [0.4, 0.5) is 14.5 Å². The second kappa shape index (κ2) is 8.16. The van der Waals surface area contributed by atoms with E-state index in [1.165, 1.54) is 12.1 Å². The summed E-state index contributed by atoms with van der Waals surface area (Å²) in [6, 6.07) is 12.6. The van der Waals surface area contributed by atoms with Crippen molar-refractivity contribution in [2.75, 3.05) is 11.4 Å². The number of amides is 1. The number of hydrogen-bond donors (Lipinski definition) is 0. The Morgan fingerprint density at radius 2 is 1.74 bits per heavy atom. The number of carbonyl (C=O) groups is 2. The van der Waals surface area contributed by atoms with E-state index in [1.54, 1.807) is 48.2 Å². The number of benzene rings is 2. The number of rotatable bonds is 6. The van der Waals surface area contributed by atoms with Crippen LogP contribution in [-0.2, 0) is 9.53 Å². The molecule has 2 aromatic rings. The maximum atomic E-state index is 12.3. The quantitative estimate of drug-likeness (QED) is 0.705. The van der Waals surface area contributed by atoms with Gasteiger partial charge in [-0.05, 0) is 55.3 Å². The van der Waals surface area contributed by atoms with Gasteiger partial charge in [-0.25, -0.2) is 4.79 Å². The minimum absolute atomic E-state index is 0.0410. The average molecular weight is 375 g/mol. The van der Waals surface area contributed by atoms with Gasteiger partial charge in [-0.1, -0.05) is 12.1 Å². The Kier molecular flexibility index (Phi) is 5.69. The summed E-state index contributed by atoms with van der Waals surface area (Å²) >= 11 is 0. The van der Waals surface area contributed by atoms with E-state index in [0.717, 1.165) is 12.1 Å². The van der Waals surface area contributed by atoms with E-state index >= 15 is 0 Å². The van der Waals surface area contributed by atoms with Gasteiger partial charge >= 0.3 is 12.6 Å². The van der Waals surface area contributed by atoms with Gasteiger partial charge < -0.3 is 14.4 Å². The van der Waals surface area contributed by atoms with E-state index in [9.17, 15) is 18.4 Å². The predicted octanol–water partition coefficient (Wildman–Crippen LogP) is 4.33. The lowest BCUT2D eigenvalue weighted by molar-refractivity contribution is -0.117. The molecule has 0 spiro atoms. The van der Waals surface area contributed by atoms with Crippen molar-refractivity contribution >= 4 is 17.6 Å². The Hall–Kier alpha value is -2.96. The smallest absolute Gasteiger partial charge is 0.387 e. The molecule has 1 fully saturated rings. The Morgan fingerprint density at radius 3 is 2.30 bits per heavy atom. The van der Waals surface area contributed by atoms with E-state index in [1.807, 2.05) is 0 Å². The van der Waals surface area contributed by atoms with E-state index in [-0.39, 0.29) is 11.7 Å². The number of ether oxygens (including phenoxy) is 2. The predicted molar refractivity (Wildman–Crippen MR) is 94.9 cm³/mol. The summed E-state index contributed by atoms with van der Waals surface area (Å²) in [6.45, 7) is -0.506. The molecule has 1 amide bonds. The first-order chi connectivity index (χ1) is 12.9. The zero-order valence-corrected chi connectivity index (χ0v) is 14.7. The van der Waals surface area contributed by atoms with Crippen molar-refractivity contribution in [2.45, 2.75) is 32.5 Å². The normalized spacial score (nSPS) is 15.1. The second-order valence-electron chi connectivity index (χ2n) is 6.19. The van der Waals surface area contributed by atoms with Crippen LogP contribution in [0.25, 0.3) is 0 Å². The minimum atomic E-state index is -2.88. The van der Waals surface area contributed by atoms with E-state index < -0.39 is 18.7 Å². The number of carbonyl (C=O) groups excluding carboxylic acids is 2. The fourth-order valence-electron chi connectivity index (χ4n) is 2.92. The Labute approximate surface area is 155 Å².